The van der Waals surface area contributed by atoms with Gasteiger partial charge in [-0.05, 0) is 25.7 Å². The Balaban J connectivity index is 1.36. The number of amides is 1. The van der Waals surface area contributed by atoms with Crippen molar-refractivity contribution in [2.24, 2.45) is 5.92 Å². The molecule has 4 rings (SSSR count). The van der Waals surface area contributed by atoms with Gasteiger partial charge in [0, 0.05) is 18.9 Å². The third kappa shape index (κ3) is 6.09. The molecular weight excluding hydrogens is 462 g/mol. The van der Waals surface area contributed by atoms with Gasteiger partial charge in [0.2, 0.25) is 12.2 Å². The quantitative estimate of drug-likeness (QED) is 0.133. The molecule has 0 aromatic carbocycles. The Morgan fingerprint density at radius 3 is 2.44 bits per heavy atom. The molecular formula is C28H41NO7. The summed E-state index contributed by atoms with van der Waals surface area (Å²) in [5.74, 6) is -0.245. The van der Waals surface area contributed by atoms with Crippen molar-refractivity contribution in [2.75, 3.05) is 0 Å². The summed E-state index contributed by atoms with van der Waals surface area (Å²) >= 11 is 0. The molecule has 4 fully saturated rings. The Morgan fingerprint density at radius 1 is 1.08 bits per heavy atom. The van der Waals surface area contributed by atoms with E-state index in [0.29, 0.717) is 12.3 Å². The lowest BCUT2D eigenvalue weighted by Gasteiger charge is -2.27. The summed E-state index contributed by atoms with van der Waals surface area (Å²) in [7, 11) is 0. The molecule has 36 heavy (non-hydrogen) atoms. The highest BCUT2D eigenvalue weighted by Gasteiger charge is 2.79. The Labute approximate surface area is 214 Å². The lowest BCUT2D eigenvalue weighted by molar-refractivity contribution is -0.197. The molecule has 0 bridgehead atoms. The van der Waals surface area contributed by atoms with Gasteiger partial charge in [-0.2, -0.15) is 0 Å². The Hall–Kier alpha value is -2.03. The van der Waals surface area contributed by atoms with Crippen LogP contribution in [0, 0.1) is 5.92 Å². The van der Waals surface area contributed by atoms with Crippen molar-refractivity contribution in [3.8, 4) is 0 Å². The van der Waals surface area contributed by atoms with Crippen molar-refractivity contribution in [1.82, 2.24) is 5.32 Å². The topological polar surface area (TPSA) is 107 Å². The zero-order chi connectivity index (χ0) is 25.9. The van der Waals surface area contributed by atoms with Crippen LogP contribution < -0.4 is 5.32 Å². The second kappa shape index (κ2) is 11.6. The van der Waals surface area contributed by atoms with Crippen LogP contribution in [-0.2, 0) is 33.3 Å². The minimum Gasteiger partial charge on any atom is -0.433 e. The van der Waals surface area contributed by atoms with Gasteiger partial charge in [0.1, 0.15) is 30.0 Å². The summed E-state index contributed by atoms with van der Waals surface area (Å²) in [6, 6.07) is -0.558. The number of unbranched alkanes of at least 4 members (excludes halogenated alkanes) is 4. The average molecular weight is 504 g/mol. The number of rotatable bonds is 13. The Morgan fingerprint density at radius 2 is 1.78 bits per heavy atom. The number of nitrogens with one attached hydrogen (secondary N) is 1. The number of epoxide rings is 2. The number of fused-ring (bicyclic) bond motifs is 4. The van der Waals surface area contributed by atoms with Crippen molar-refractivity contribution < 1.29 is 33.3 Å². The number of carbonyl (C=O) groups excluding carboxylic acids is 3. The molecule has 1 N–H and O–H groups in total. The predicted octanol–water partition coefficient (Wildman–Crippen LogP) is 3.92. The van der Waals surface area contributed by atoms with Crippen molar-refractivity contribution in [1.29, 1.82) is 0 Å². The van der Waals surface area contributed by atoms with Gasteiger partial charge in [0.25, 0.3) is 0 Å². The Kier molecular flexibility index (Phi) is 8.68. The lowest BCUT2D eigenvalue weighted by atomic mass is 9.81. The summed E-state index contributed by atoms with van der Waals surface area (Å²) in [5.41, 5.74) is 0.146. The average Bonchev–Trinajstić information content (AvgIpc) is 3.76. The molecule has 1 saturated carbocycles. The molecule has 1 spiro atoms. The van der Waals surface area contributed by atoms with Gasteiger partial charge >= 0.3 is 5.97 Å². The van der Waals surface area contributed by atoms with E-state index in [2.05, 4.69) is 25.2 Å². The first-order valence-electron chi connectivity index (χ1n) is 13.7. The van der Waals surface area contributed by atoms with Gasteiger partial charge in [0.05, 0.1) is 6.04 Å². The third-order valence-corrected chi connectivity index (χ3v) is 7.58. The largest absolute Gasteiger partial charge is 0.433 e. The summed E-state index contributed by atoms with van der Waals surface area (Å²) in [4.78, 5) is 37.4. The monoisotopic (exact) mass is 503 g/mol. The van der Waals surface area contributed by atoms with Crippen LogP contribution in [0.1, 0.15) is 85.5 Å². The van der Waals surface area contributed by atoms with Crippen molar-refractivity contribution in [3.05, 3.63) is 23.8 Å². The fourth-order valence-corrected chi connectivity index (χ4v) is 5.53. The normalized spacial score (nSPS) is 35.4. The predicted molar refractivity (Wildman–Crippen MR) is 133 cm³/mol. The molecule has 0 aromatic heterocycles. The van der Waals surface area contributed by atoms with E-state index in [1.807, 2.05) is 19.9 Å². The first-order valence-corrected chi connectivity index (χ1v) is 13.7. The van der Waals surface area contributed by atoms with Crippen LogP contribution >= 0.6 is 0 Å². The molecule has 0 radical (unpaired) electrons. The molecule has 0 aromatic rings. The molecule has 1 amide bonds. The molecule has 1 aliphatic carbocycles. The number of hydrogen-bond donors (Lipinski definition) is 1. The number of ketones is 1. The van der Waals surface area contributed by atoms with Gasteiger partial charge in [-0.15, -0.1) is 0 Å². The van der Waals surface area contributed by atoms with Crippen LogP contribution in [0.15, 0.2) is 23.8 Å². The van der Waals surface area contributed by atoms with Crippen LogP contribution in [0.5, 0.6) is 0 Å². The summed E-state index contributed by atoms with van der Waals surface area (Å²) in [6.07, 6.45) is 11.0. The highest BCUT2D eigenvalue weighted by atomic mass is 16.8. The highest BCUT2D eigenvalue weighted by Crippen LogP contribution is 2.57. The van der Waals surface area contributed by atoms with Gasteiger partial charge in [-0.3, -0.25) is 14.4 Å². The molecule has 4 aliphatic rings. The minimum atomic E-state index is -0.950. The zero-order valence-electron chi connectivity index (χ0n) is 22.0. The van der Waals surface area contributed by atoms with E-state index in [1.54, 1.807) is 0 Å². The smallest absolute Gasteiger partial charge is 0.308 e. The molecule has 7 unspecified atom stereocenters. The second-order valence-electron chi connectivity index (χ2n) is 10.8. The highest BCUT2D eigenvalue weighted by molar-refractivity contribution is 5.95. The number of ether oxygens (including phenoxy) is 4. The second-order valence-corrected chi connectivity index (χ2v) is 10.8. The number of allylic oxidation sites excluding steroid dienone is 3. The summed E-state index contributed by atoms with van der Waals surface area (Å²) in [6.45, 7) is 8.40. The van der Waals surface area contributed by atoms with Crippen LogP contribution in [0.4, 0.5) is 0 Å². The van der Waals surface area contributed by atoms with Gasteiger partial charge in [-0.1, -0.05) is 70.6 Å². The fourth-order valence-electron chi connectivity index (χ4n) is 5.53. The first kappa shape index (κ1) is 27.0. The maximum atomic E-state index is 12.8. The van der Waals surface area contributed by atoms with Crippen LogP contribution in [0.2, 0.25) is 0 Å². The number of esters is 1. The maximum absolute atomic E-state index is 12.8. The number of carbonyl (C=O) groups is 3. The summed E-state index contributed by atoms with van der Waals surface area (Å²) < 4.78 is 23.1. The zero-order valence-corrected chi connectivity index (χ0v) is 22.0. The van der Waals surface area contributed by atoms with Crippen molar-refractivity contribution in [3.63, 3.8) is 0 Å². The molecule has 7 atom stereocenters. The van der Waals surface area contributed by atoms with Crippen LogP contribution in [0.25, 0.3) is 0 Å². The van der Waals surface area contributed by atoms with Crippen molar-refractivity contribution in [2.45, 2.75) is 128 Å². The van der Waals surface area contributed by atoms with E-state index >= 15 is 0 Å². The first-order chi connectivity index (χ1) is 17.3. The van der Waals surface area contributed by atoms with E-state index in [1.165, 1.54) is 31.8 Å². The molecule has 200 valence electrons. The fraction of sp³-hybridized carbons (Fsp3) is 0.750. The molecule has 3 heterocycles. The number of Topliss-reactive ketones (excluding diaryl/α,β-unsaturated/α-hetero) is 1. The maximum Gasteiger partial charge on any atom is 0.308 e. The Bertz CT molecular complexity index is 876. The summed E-state index contributed by atoms with van der Waals surface area (Å²) in [5, 5.41) is 2.96. The van der Waals surface area contributed by atoms with Crippen LogP contribution in [0.3, 0.4) is 0 Å². The van der Waals surface area contributed by atoms with Gasteiger partial charge in [0.15, 0.2) is 5.78 Å². The van der Waals surface area contributed by atoms with Gasteiger partial charge in [-0.25, -0.2) is 0 Å². The SMILES string of the molecule is CCCCCCC(C)/C=C(C)/C=C/C(=O)NC1CC2(OC1OC(=O)CCCC)C1OC1C(=O)C1OC12. The van der Waals surface area contributed by atoms with Crippen LogP contribution in [-0.4, -0.2) is 60.0 Å². The van der Waals surface area contributed by atoms with E-state index in [0.717, 1.165) is 24.8 Å². The third-order valence-electron chi connectivity index (χ3n) is 7.58. The van der Waals surface area contributed by atoms with Gasteiger partial charge < -0.3 is 24.3 Å². The number of hydrogen-bond acceptors (Lipinski definition) is 7. The molecule has 3 aliphatic heterocycles. The van der Waals surface area contributed by atoms with E-state index < -0.39 is 42.3 Å². The standard InChI is InChI=1S/C28H41NO7/c1-5-7-9-10-11-17(3)15-18(4)13-14-20(30)29-19-16-28(36-27(19)33-21(31)12-8-6-2)25-23(34-25)22(32)24-26(28)35-24/h13-15,17,19,23-27H,5-12,16H2,1-4H3,(H,29,30)/b14-13+,18-15+. The van der Waals surface area contributed by atoms with E-state index in [9.17, 15) is 14.4 Å². The van der Waals surface area contributed by atoms with E-state index in [-0.39, 0.29) is 24.1 Å². The molecule has 8 heteroatoms. The minimum absolute atomic E-state index is 0.0482. The van der Waals surface area contributed by atoms with E-state index in [4.69, 9.17) is 18.9 Å². The molecule has 8 nitrogen and oxygen atoms in total. The lowest BCUT2D eigenvalue weighted by Crippen LogP contribution is -2.49. The molecule has 3 saturated heterocycles. The van der Waals surface area contributed by atoms with Crippen molar-refractivity contribution >= 4 is 17.7 Å².